The minimum Gasteiger partial charge on any atom is -0.463 e. The number of hydrogen-bond donors (Lipinski definition) is 2. The van der Waals surface area contributed by atoms with Crippen molar-refractivity contribution in [3.63, 3.8) is 0 Å². The van der Waals surface area contributed by atoms with E-state index >= 15 is 0 Å². The third-order valence-corrected chi connectivity index (χ3v) is 3.73. The van der Waals surface area contributed by atoms with Crippen molar-refractivity contribution in [1.82, 2.24) is 9.97 Å². The highest BCUT2D eigenvalue weighted by Crippen LogP contribution is 2.30. The van der Waals surface area contributed by atoms with Crippen LogP contribution in [0.5, 0.6) is 0 Å². The van der Waals surface area contributed by atoms with Crippen LogP contribution in [-0.2, 0) is 9.53 Å². The third kappa shape index (κ3) is 3.68. The Kier molecular flexibility index (Phi) is 4.79. The molecule has 0 fully saturated rings. The summed E-state index contributed by atoms with van der Waals surface area (Å²) in [5.41, 5.74) is 3.51. The minimum atomic E-state index is -0.416. The van der Waals surface area contributed by atoms with Crippen LogP contribution in [0.2, 0.25) is 0 Å². The van der Waals surface area contributed by atoms with Crippen molar-refractivity contribution in [3.8, 4) is 0 Å². The minimum absolute atomic E-state index is 0.255. The van der Waals surface area contributed by atoms with E-state index in [2.05, 4.69) is 15.3 Å². The van der Waals surface area contributed by atoms with Gasteiger partial charge in [-0.2, -0.15) is 0 Å². The number of halogens is 1. The maximum atomic E-state index is 13.5. The first-order valence-electron chi connectivity index (χ1n) is 7.92. The number of hydrogen-bond acceptors (Lipinski definition) is 4. The number of aromatic amines is 1. The lowest BCUT2D eigenvalue weighted by atomic mass is 10.1. The van der Waals surface area contributed by atoms with E-state index in [0.717, 1.165) is 28.0 Å². The molecule has 0 aliphatic carbocycles. The number of aromatic nitrogens is 2. The molecule has 0 atom stereocenters. The second-order valence-corrected chi connectivity index (χ2v) is 5.50. The molecule has 0 bridgehead atoms. The number of pyridine rings is 1. The van der Waals surface area contributed by atoms with Crippen LogP contribution in [-0.4, -0.2) is 22.5 Å². The smallest absolute Gasteiger partial charge is 0.330 e. The van der Waals surface area contributed by atoms with Gasteiger partial charge in [0.1, 0.15) is 11.5 Å². The highest BCUT2D eigenvalue weighted by atomic mass is 19.1. The molecular formula is C19H18FN3O2. The fraction of sp³-hybridized carbons (Fsp3) is 0.158. The van der Waals surface area contributed by atoms with E-state index in [-0.39, 0.29) is 5.82 Å². The first-order chi connectivity index (χ1) is 12.1. The number of carbonyl (C=O) groups is 1. The molecule has 2 heterocycles. The number of benzene rings is 1. The summed E-state index contributed by atoms with van der Waals surface area (Å²) in [7, 11) is 0. The predicted octanol–water partition coefficient (Wildman–Crippen LogP) is 4.33. The number of esters is 1. The Labute approximate surface area is 144 Å². The molecule has 5 nitrogen and oxygen atoms in total. The van der Waals surface area contributed by atoms with E-state index in [1.54, 1.807) is 44.4 Å². The molecule has 3 aromatic rings. The normalized spacial score (nSPS) is 11.2. The van der Waals surface area contributed by atoms with Crippen LogP contribution in [0.15, 0.2) is 42.7 Å². The van der Waals surface area contributed by atoms with E-state index in [1.165, 1.54) is 12.1 Å². The van der Waals surface area contributed by atoms with Crippen molar-refractivity contribution < 1.29 is 13.9 Å². The third-order valence-electron chi connectivity index (χ3n) is 3.73. The number of carbonyl (C=O) groups excluding carboxylic acids is 1. The molecule has 1 aromatic carbocycles. The van der Waals surface area contributed by atoms with Gasteiger partial charge in [-0.1, -0.05) is 0 Å². The molecule has 0 radical (unpaired) electrons. The molecule has 6 heteroatoms. The fourth-order valence-electron chi connectivity index (χ4n) is 2.50. The van der Waals surface area contributed by atoms with Crippen LogP contribution in [0.3, 0.4) is 0 Å². The number of ether oxygens (including phenoxy) is 1. The summed E-state index contributed by atoms with van der Waals surface area (Å²) < 4.78 is 18.4. The number of rotatable bonds is 5. The van der Waals surface area contributed by atoms with E-state index in [4.69, 9.17) is 4.74 Å². The second kappa shape index (κ2) is 7.17. The van der Waals surface area contributed by atoms with Crippen molar-refractivity contribution >= 4 is 34.5 Å². The summed E-state index contributed by atoms with van der Waals surface area (Å²) >= 11 is 0. The van der Waals surface area contributed by atoms with Crippen molar-refractivity contribution in [2.45, 2.75) is 13.8 Å². The van der Waals surface area contributed by atoms with Gasteiger partial charge in [0.2, 0.25) is 0 Å². The zero-order chi connectivity index (χ0) is 17.8. The maximum Gasteiger partial charge on any atom is 0.330 e. The van der Waals surface area contributed by atoms with Crippen molar-refractivity contribution in [2.75, 3.05) is 11.9 Å². The van der Waals surface area contributed by atoms with Crippen LogP contribution >= 0.6 is 0 Å². The Hall–Kier alpha value is -3.15. The topological polar surface area (TPSA) is 67.0 Å². The Morgan fingerprint density at radius 2 is 2.24 bits per heavy atom. The van der Waals surface area contributed by atoms with Gasteiger partial charge in [-0.05, 0) is 49.8 Å². The van der Waals surface area contributed by atoms with Crippen LogP contribution in [0.4, 0.5) is 15.8 Å². The first-order valence-corrected chi connectivity index (χ1v) is 7.92. The van der Waals surface area contributed by atoms with Gasteiger partial charge in [0.25, 0.3) is 0 Å². The largest absolute Gasteiger partial charge is 0.463 e. The van der Waals surface area contributed by atoms with E-state index < -0.39 is 5.97 Å². The van der Waals surface area contributed by atoms with Crippen LogP contribution in [0.1, 0.15) is 18.1 Å². The monoisotopic (exact) mass is 339 g/mol. The van der Waals surface area contributed by atoms with Crippen molar-refractivity contribution in [1.29, 1.82) is 0 Å². The highest BCUT2D eigenvalue weighted by Gasteiger charge is 2.10. The average Bonchev–Trinajstić information content (AvgIpc) is 3.06. The molecule has 2 N–H and O–H groups in total. The number of fused-ring (bicyclic) bond motifs is 1. The van der Waals surface area contributed by atoms with Gasteiger partial charge < -0.3 is 15.0 Å². The molecule has 0 saturated heterocycles. The quantitative estimate of drug-likeness (QED) is 0.536. The summed E-state index contributed by atoms with van der Waals surface area (Å²) in [5, 5.41) is 4.16. The molecule has 0 aliphatic heterocycles. The maximum absolute atomic E-state index is 13.5. The number of aryl methyl sites for hydroxylation is 1. The average molecular weight is 339 g/mol. The standard InChI is InChI=1S/C19H18FN3O2/c1-3-25-17(24)7-4-13-11-22-19-15(8-9-21-19)18(13)23-14-5-6-16(20)12(2)10-14/h4-11H,3H2,1-2H3,(H2,21,22,23)/b7-4+. The number of H-pyrrole nitrogens is 1. The molecule has 0 spiro atoms. The lowest BCUT2D eigenvalue weighted by Crippen LogP contribution is -2.00. The highest BCUT2D eigenvalue weighted by molar-refractivity contribution is 5.98. The van der Waals surface area contributed by atoms with Crippen LogP contribution in [0.25, 0.3) is 17.1 Å². The zero-order valence-electron chi connectivity index (χ0n) is 14.0. The second-order valence-electron chi connectivity index (χ2n) is 5.50. The van der Waals surface area contributed by atoms with Gasteiger partial charge in [0.15, 0.2) is 0 Å². The Balaban J connectivity index is 2.01. The Morgan fingerprint density at radius 3 is 3.00 bits per heavy atom. The molecule has 3 rings (SSSR count). The summed E-state index contributed by atoms with van der Waals surface area (Å²) in [6, 6.07) is 6.71. The summed E-state index contributed by atoms with van der Waals surface area (Å²) in [4.78, 5) is 19.0. The SMILES string of the molecule is CCOC(=O)/C=C/c1cnc2[nH]ccc2c1Nc1ccc(F)c(C)c1. The predicted molar refractivity (Wildman–Crippen MR) is 96.2 cm³/mol. The first kappa shape index (κ1) is 16.7. The van der Waals surface area contributed by atoms with Gasteiger partial charge in [-0.15, -0.1) is 0 Å². The zero-order valence-corrected chi connectivity index (χ0v) is 14.0. The molecule has 0 unspecified atom stereocenters. The van der Waals surface area contributed by atoms with Crippen LogP contribution < -0.4 is 5.32 Å². The van der Waals surface area contributed by atoms with Crippen molar-refractivity contribution in [2.24, 2.45) is 0 Å². The summed E-state index contributed by atoms with van der Waals surface area (Å²) in [6.07, 6.45) is 6.46. The molecule has 25 heavy (non-hydrogen) atoms. The molecular weight excluding hydrogens is 321 g/mol. The summed E-state index contributed by atoms with van der Waals surface area (Å²) in [6.45, 7) is 3.78. The summed E-state index contributed by atoms with van der Waals surface area (Å²) in [5.74, 6) is -0.672. The van der Waals surface area contributed by atoms with E-state index in [1.807, 2.05) is 6.07 Å². The fourth-order valence-corrected chi connectivity index (χ4v) is 2.50. The van der Waals surface area contributed by atoms with Gasteiger partial charge in [-0.3, -0.25) is 0 Å². The van der Waals surface area contributed by atoms with E-state index in [0.29, 0.717) is 12.2 Å². The molecule has 2 aromatic heterocycles. The van der Waals surface area contributed by atoms with Crippen LogP contribution in [0, 0.1) is 12.7 Å². The van der Waals surface area contributed by atoms with Crippen molar-refractivity contribution in [3.05, 3.63) is 59.7 Å². The van der Waals surface area contributed by atoms with Gasteiger partial charge >= 0.3 is 5.97 Å². The molecule has 128 valence electrons. The Morgan fingerprint density at radius 1 is 1.40 bits per heavy atom. The number of nitrogens with zero attached hydrogens (tertiary/aromatic N) is 1. The number of anilines is 2. The lowest BCUT2D eigenvalue weighted by molar-refractivity contribution is -0.137. The number of nitrogens with one attached hydrogen (secondary N) is 2. The van der Waals surface area contributed by atoms with Gasteiger partial charge in [0, 0.05) is 35.1 Å². The van der Waals surface area contributed by atoms with E-state index in [9.17, 15) is 9.18 Å². The Bertz CT molecular complexity index is 947. The lowest BCUT2D eigenvalue weighted by Gasteiger charge is -2.12. The molecule has 0 aliphatic rings. The van der Waals surface area contributed by atoms with Gasteiger partial charge in [-0.25, -0.2) is 14.2 Å². The molecule has 0 saturated carbocycles. The van der Waals surface area contributed by atoms with Gasteiger partial charge in [0.05, 0.1) is 12.3 Å². The molecule has 0 amide bonds.